The van der Waals surface area contributed by atoms with Crippen molar-refractivity contribution < 1.29 is 4.79 Å². The number of nitrogens with one attached hydrogen (secondary N) is 1. The van der Waals surface area contributed by atoms with Gasteiger partial charge in [-0.3, -0.25) is 4.79 Å². The van der Waals surface area contributed by atoms with Crippen LogP contribution in [-0.4, -0.2) is 10.8 Å². The normalized spacial score (nSPS) is 12.2. The van der Waals surface area contributed by atoms with Crippen molar-refractivity contribution in [3.05, 3.63) is 39.8 Å². The average Bonchev–Trinajstić information content (AvgIpc) is 2.75. The van der Waals surface area contributed by atoms with E-state index in [1.807, 2.05) is 26.1 Å². The van der Waals surface area contributed by atoms with Gasteiger partial charge in [-0.25, -0.2) is 4.98 Å². The van der Waals surface area contributed by atoms with Gasteiger partial charge in [0.1, 0.15) is 5.01 Å². The van der Waals surface area contributed by atoms with Crippen LogP contribution in [0.2, 0.25) is 0 Å². The van der Waals surface area contributed by atoms with Crippen LogP contribution in [-0.2, 0) is 0 Å². The fraction of sp³-hybridized carbons (Fsp3) is 0.286. The minimum Gasteiger partial charge on any atom is -0.398 e. The van der Waals surface area contributed by atoms with E-state index in [1.54, 1.807) is 23.5 Å². The number of nitrogens with zero attached hydrogens (tertiary/aromatic N) is 1. The summed E-state index contributed by atoms with van der Waals surface area (Å²) in [4.78, 5) is 16.9. The number of rotatable bonds is 4. The maximum absolute atomic E-state index is 11.3. The van der Waals surface area contributed by atoms with Crippen LogP contribution in [0.4, 0.5) is 11.4 Å². The molecule has 4 nitrogen and oxygen atoms in total. The summed E-state index contributed by atoms with van der Waals surface area (Å²) in [6.07, 6.45) is 1.87. The summed E-state index contributed by atoms with van der Waals surface area (Å²) in [7, 11) is 0. The van der Waals surface area contributed by atoms with E-state index >= 15 is 0 Å². The van der Waals surface area contributed by atoms with Gasteiger partial charge in [0.15, 0.2) is 5.78 Å². The van der Waals surface area contributed by atoms with Gasteiger partial charge in [0.25, 0.3) is 0 Å². The zero-order chi connectivity index (χ0) is 14.0. The molecule has 3 N–H and O–H groups in total. The van der Waals surface area contributed by atoms with Crippen LogP contribution in [0.3, 0.4) is 0 Å². The van der Waals surface area contributed by atoms with Crippen molar-refractivity contribution in [2.45, 2.75) is 26.8 Å². The number of carbonyl (C=O) groups excluding carboxylic acids is 1. The van der Waals surface area contributed by atoms with Crippen molar-refractivity contribution >= 4 is 28.5 Å². The Morgan fingerprint density at radius 2 is 2.21 bits per heavy atom. The number of nitrogens with two attached hydrogens (primary N) is 1. The molecule has 100 valence electrons. The molecule has 0 saturated carbocycles. The Hall–Kier alpha value is -1.88. The molecule has 1 heterocycles. The number of aryl methyl sites for hydroxylation is 1. The predicted octanol–water partition coefficient (Wildman–Crippen LogP) is 3.41. The predicted molar refractivity (Wildman–Crippen MR) is 79.7 cm³/mol. The Bertz CT molecular complexity index is 606. The van der Waals surface area contributed by atoms with E-state index in [1.165, 1.54) is 11.8 Å². The highest BCUT2D eigenvalue weighted by Gasteiger charge is 2.11. The van der Waals surface area contributed by atoms with Gasteiger partial charge in [0.2, 0.25) is 0 Å². The Morgan fingerprint density at radius 3 is 2.74 bits per heavy atom. The summed E-state index contributed by atoms with van der Waals surface area (Å²) in [5.41, 5.74) is 7.82. The first kappa shape index (κ1) is 13.5. The van der Waals surface area contributed by atoms with E-state index in [4.69, 9.17) is 5.73 Å². The lowest BCUT2D eigenvalue weighted by atomic mass is 10.1. The van der Waals surface area contributed by atoms with Crippen LogP contribution in [0.5, 0.6) is 0 Å². The van der Waals surface area contributed by atoms with Gasteiger partial charge in [0, 0.05) is 28.0 Å². The zero-order valence-electron chi connectivity index (χ0n) is 11.2. The molecule has 5 heteroatoms. The summed E-state index contributed by atoms with van der Waals surface area (Å²) in [6, 6.07) is 5.51. The second-order valence-corrected chi connectivity index (χ2v) is 5.80. The summed E-state index contributed by atoms with van der Waals surface area (Å²) in [5, 5.41) is 4.37. The van der Waals surface area contributed by atoms with Gasteiger partial charge in [-0.05, 0) is 39.0 Å². The highest BCUT2D eigenvalue weighted by atomic mass is 32.1. The molecule has 1 aromatic heterocycles. The first-order valence-electron chi connectivity index (χ1n) is 6.06. The lowest BCUT2D eigenvalue weighted by Gasteiger charge is -2.14. The molecule has 0 saturated heterocycles. The van der Waals surface area contributed by atoms with Gasteiger partial charge in [-0.2, -0.15) is 0 Å². The van der Waals surface area contributed by atoms with Gasteiger partial charge >= 0.3 is 0 Å². The lowest BCUT2D eigenvalue weighted by molar-refractivity contribution is 0.101. The molecule has 0 aliphatic heterocycles. The number of Topliss-reactive ketones (excluding diaryl/α,β-unsaturated/α-hetero) is 1. The number of thiazole rings is 1. The minimum absolute atomic E-state index is 0.0207. The molecular weight excluding hydrogens is 258 g/mol. The Morgan fingerprint density at radius 1 is 1.47 bits per heavy atom. The number of nitrogen functional groups attached to an aromatic ring is 1. The van der Waals surface area contributed by atoms with Crippen LogP contribution in [0.1, 0.15) is 40.1 Å². The Labute approximate surface area is 116 Å². The molecule has 0 radical (unpaired) electrons. The molecule has 0 fully saturated rings. The molecule has 2 rings (SSSR count). The van der Waals surface area contributed by atoms with E-state index in [-0.39, 0.29) is 11.8 Å². The molecule has 0 spiro atoms. The quantitative estimate of drug-likeness (QED) is 0.663. The minimum atomic E-state index is -0.0207. The van der Waals surface area contributed by atoms with Gasteiger partial charge in [-0.15, -0.1) is 11.3 Å². The monoisotopic (exact) mass is 275 g/mol. The highest BCUT2D eigenvalue weighted by molar-refractivity contribution is 7.11. The Balaban J connectivity index is 2.15. The molecule has 0 aliphatic rings. The Kier molecular flexibility index (Phi) is 3.85. The maximum atomic E-state index is 11.3. The van der Waals surface area contributed by atoms with Crippen LogP contribution in [0, 0.1) is 6.92 Å². The van der Waals surface area contributed by atoms with Crippen molar-refractivity contribution in [3.63, 3.8) is 0 Å². The third-order valence-electron chi connectivity index (χ3n) is 2.82. The first-order valence-corrected chi connectivity index (χ1v) is 6.88. The van der Waals surface area contributed by atoms with Crippen molar-refractivity contribution in [2.24, 2.45) is 0 Å². The fourth-order valence-electron chi connectivity index (χ4n) is 1.86. The van der Waals surface area contributed by atoms with Crippen LogP contribution >= 0.6 is 11.3 Å². The number of hydrogen-bond acceptors (Lipinski definition) is 5. The lowest BCUT2D eigenvalue weighted by Crippen LogP contribution is -2.07. The molecule has 1 atom stereocenters. The second-order valence-electron chi connectivity index (χ2n) is 4.53. The highest BCUT2D eigenvalue weighted by Crippen LogP contribution is 2.25. The maximum Gasteiger partial charge on any atom is 0.161 e. The fourth-order valence-corrected chi connectivity index (χ4v) is 2.63. The molecule has 1 unspecified atom stereocenters. The third kappa shape index (κ3) is 3.12. The van der Waals surface area contributed by atoms with Gasteiger partial charge < -0.3 is 11.1 Å². The number of aromatic nitrogens is 1. The standard InChI is InChI=1S/C14H17N3OS/c1-8-7-16-14(19-8)9(2)17-11-4-5-12(10(3)18)13(15)6-11/h4-7,9,17H,15H2,1-3H3. The molecular formula is C14H17N3OS. The van der Waals surface area contributed by atoms with E-state index in [0.717, 1.165) is 10.7 Å². The number of hydrogen-bond donors (Lipinski definition) is 2. The molecule has 0 bridgehead atoms. The van der Waals surface area contributed by atoms with Crippen LogP contribution in [0.25, 0.3) is 0 Å². The van der Waals surface area contributed by atoms with Gasteiger partial charge in [0.05, 0.1) is 6.04 Å². The number of benzene rings is 1. The average molecular weight is 275 g/mol. The topological polar surface area (TPSA) is 68.0 Å². The summed E-state index contributed by atoms with van der Waals surface area (Å²) >= 11 is 1.67. The SMILES string of the molecule is CC(=O)c1ccc(NC(C)c2ncc(C)s2)cc1N. The molecule has 0 amide bonds. The molecule has 19 heavy (non-hydrogen) atoms. The van der Waals surface area contributed by atoms with E-state index in [9.17, 15) is 4.79 Å². The second kappa shape index (κ2) is 5.40. The van der Waals surface area contributed by atoms with Crippen LogP contribution in [0.15, 0.2) is 24.4 Å². The van der Waals surface area contributed by atoms with E-state index in [0.29, 0.717) is 11.3 Å². The van der Waals surface area contributed by atoms with Crippen molar-refractivity contribution in [1.82, 2.24) is 4.98 Å². The molecule has 0 aliphatic carbocycles. The summed E-state index contributed by atoms with van der Waals surface area (Å²) in [5.74, 6) is -0.0207. The van der Waals surface area contributed by atoms with Crippen molar-refractivity contribution in [2.75, 3.05) is 11.1 Å². The molecule has 1 aromatic carbocycles. The van der Waals surface area contributed by atoms with Crippen LogP contribution < -0.4 is 11.1 Å². The number of anilines is 2. The largest absolute Gasteiger partial charge is 0.398 e. The summed E-state index contributed by atoms with van der Waals surface area (Å²) in [6.45, 7) is 5.60. The summed E-state index contributed by atoms with van der Waals surface area (Å²) < 4.78 is 0. The first-order chi connectivity index (χ1) is 8.97. The number of ketones is 1. The van der Waals surface area contributed by atoms with E-state index < -0.39 is 0 Å². The van der Waals surface area contributed by atoms with Crippen molar-refractivity contribution in [3.8, 4) is 0 Å². The van der Waals surface area contributed by atoms with Gasteiger partial charge in [-0.1, -0.05) is 0 Å². The molecule has 2 aromatic rings. The zero-order valence-corrected chi connectivity index (χ0v) is 12.0. The smallest absolute Gasteiger partial charge is 0.161 e. The van der Waals surface area contributed by atoms with Crippen molar-refractivity contribution in [1.29, 1.82) is 0 Å². The third-order valence-corrected chi connectivity index (χ3v) is 3.92. The number of carbonyl (C=O) groups is 1. The van der Waals surface area contributed by atoms with E-state index in [2.05, 4.69) is 10.3 Å².